The Kier molecular flexibility index (Phi) is 5.66. The molecule has 0 unspecified atom stereocenters. The second-order valence-corrected chi connectivity index (χ2v) is 7.86. The number of halogens is 5. The summed E-state index contributed by atoms with van der Waals surface area (Å²) in [7, 11) is 0. The molecule has 2 N–H and O–H groups in total. The van der Waals surface area contributed by atoms with Gasteiger partial charge < -0.3 is 9.97 Å². The second kappa shape index (κ2) is 7.67. The molecule has 0 radical (unpaired) electrons. The Bertz CT molecular complexity index is 1090. The maximum absolute atomic E-state index is 12.2. The van der Waals surface area contributed by atoms with E-state index in [1.807, 2.05) is 40.8 Å². The van der Waals surface area contributed by atoms with Crippen LogP contribution in [0, 0.1) is 3.57 Å². The molecular formula is C18H15ClF3IN4. The van der Waals surface area contributed by atoms with Crippen molar-refractivity contribution in [1.82, 2.24) is 19.9 Å². The summed E-state index contributed by atoms with van der Waals surface area (Å²) in [6.07, 6.45) is -4.41. The number of alkyl halides is 3. The van der Waals surface area contributed by atoms with Crippen LogP contribution in [0.3, 0.4) is 0 Å². The summed E-state index contributed by atoms with van der Waals surface area (Å²) in [5, 5.41) is 0.742. The molecule has 142 valence electrons. The van der Waals surface area contributed by atoms with Crippen molar-refractivity contribution >= 4 is 56.3 Å². The van der Waals surface area contributed by atoms with E-state index in [2.05, 4.69) is 33.8 Å². The lowest BCUT2D eigenvalue weighted by atomic mass is 10.2. The SMILES string of the molecule is CC(C)c1nc2ccc(Cl)cc2[nH]1.FC(F)(F)c1nc2ccc(I)cc2[nH]1. The minimum Gasteiger partial charge on any atom is -0.342 e. The third-order valence-electron chi connectivity index (χ3n) is 3.72. The fourth-order valence-electron chi connectivity index (χ4n) is 2.39. The second-order valence-electron chi connectivity index (χ2n) is 6.18. The van der Waals surface area contributed by atoms with E-state index in [4.69, 9.17) is 11.6 Å². The molecule has 0 amide bonds. The predicted molar refractivity (Wildman–Crippen MR) is 109 cm³/mol. The standard InChI is InChI=1S/C10H11ClN2.C8H4F3IN2/c1-6(2)10-12-8-4-3-7(11)5-9(8)13-10;9-8(10,11)7-13-5-2-1-4(12)3-6(5)14-7/h3-6H,1-2H3,(H,12,13);1-3H,(H,13,14). The topological polar surface area (TPSA) is 57.4 Å². The number of aromatic amines is 2. The summed E-state index contributed by atoms with van der Waals surface area (Å²) in [5.74, 6) is 0.484. The smallest absolute Gasteiger partial charge is 0.342 e. The van der Waals surface area contributed by atoms with Gasteiger partial charge in [-0.25, -0.2) is 9.97 Å². The molecule has 4 nitrogen and oxygen atoms in total. The summed E-state index contributed by atoms with van der Waals surface area (Å²) in [5.41, 5.74) is 2.73. The van der Waals surface area contributed by atoms with Gasteiger partial charge in [0.1, 0.15) is 5.82 Å². The van der Waals surface area contributed by atoms with Crippen molar-refractivity contribution in [1.29, 1.82) is 0 Å². The van der Waals surface area contributed by atoms with Crippen molar-refractivity contribution in [3.05, 3.63) is 56.6 Å². The number of nitrogens with zero attached hydrogens (tertiary/aromatic N) is 2. The number of imidazole rings is 2. The number of H-pyrrole nitrogens is 2. The fraction of sp³-hybridized carbons (Fsp3) is 0.222. The number of fused-ring (bicyclic) bond motifs is 2. The Morgan fingerprint density at radius 1 is 0.963 bits per heavy atom. The maximum atomic E-state index is 12.2. The summed E-state index contributed by atoms with van der Waals surface area (Å²) >= 11 is 7.89. The van der Waals surface area contributed by atoms with Crippen LogP contribution in [0.5, 0.6) is 0 Å². The Balaban J connectivity index is 0.000000156. The van der Waals surface area contributed by atoms with E-state index in [1.54, 1.807) is 18.2 Å². The van der Waals surface area contributed by atoms with Gasteiger partial charge in [-0.05, 0) is 59.0 Å². The highest BCUT2D eigenvalue weighted by Crippen LogP contribution is 2.28. The molecule has 0 atom stereocenters. The van der Waals surface area contributed by atoms with E-state index < -0.39 is 12.0 Å². The Hall–Kier alpha value is -1.81. The molecular weight excluding hydrogens is 492 g/mol. The van der Waals surface area contributed by atoms with Crippen LogP contribution in [0.1, 0.15) is 31.4 Å². The van der Waals surface area contributed by atoms with Crippen molar-refractivity contribution in [2.24, 2.45) is 0 Å². The number of benzene rings is 2. The van der Waals surface area contributed by atoms with Crippen LogP contribution < -0.4 is 0 Å². The molecule has 0 saturated heterocycles. The number of aromatic nitrogens is 4. The maximum Gasteiger partial charge on any atom is 0.449 e. The zero-order chi connectivity index (χ0) is 19.8. The van der Waals surface area contributed by atoms with Crippen LogP contribution in [0.4, 0.5) is 13.2 Å². The van der Waals surface area contributed by atoms with Gasteiger partial charge in [-0.15, -0.1) is 0 Å². The zero-order valence-corrected chi connectivity index (χ0v) is 17.2. The average Bonchev–Trinajstić information content (AvgIpc) is 3.18. The van der Waals surface area contributed by atoms with E-state index in [0.29, 0.717) is 17.0 Å². The van der Waals surface area contributed by atoms with Crippen LogP contribution in [-0.4, -0.2) is 19.9 Å². The van der Waals surface area contributed by atoms with Gasteiger partial charge >= 0.3 is 6.18 Å². The normalized spacial score (nSPS) is 11.9. The molecule has 0 aliphatic rings. The van der Waals surface area contributed by atoms with E-state index in [1.165, 1.54) is 0 Å². The molecule has 2 aromatic heterocycles. The van der Waals surface area contributed by atoms with Gasteiger partial charge in [-0.1, -0.05) is 25.4 Å². The van der Waals surface area contributed by atoms with Crippen molar-refractivity contribution < 1.29 is 13.2 Å². The first-order valence-corrected chi connectivity index (χ1v) is 9.47. The molecule has 0 aliphatic carbocycles. The summed E-state index contributed by atoms with van der Waals surface area (Å²) in [6, 6.07) is 10.6. The number of nitrogens with one attached hydrogen (secondary N) is 2. The number of hydrogen-bond donors (Lipinski definition) is 2. The summed E-state index contributed by atoms with van der Waals surface area (Å²) in [4.78, 5) is 13.4. The first-order chi connectivity index (χ1) is 12.6. The van der Waals surface area contributed by atoms with E-state index in [0.717, 1.165) is 25.5 Å². The van der Waals surface area contributed by atoms with Crippen molar-refractivity contribution in [2.45, 2.75) is 25.9 Å². The predicted octanol–water partition coefficient (Wildman–Crippen LogP) is 6.53. The third kappa shape index (κ3) is 4.73. The highest BCUT2D eigenvalue weighted by atomic mass is 127. The highest BCUT2D eigenvalue weighted by molar-refractivity contribution is 14.1. The quantitative estimate of drug-likeness (QED) is 0.289. The molecule has 9 heteroatoms. The van der Waals surface area contributed by atoms with Crippen LogP contribution in [-0.2, 0) is 6.18 Å². The van der Waals surface area contributed by atoms with Gasteiger partial charge in [0.15, 0.2) is 0 Å². The molecule has 27 heavy (non-hydrogen) atoms. The number of rotatable bonds is 1. The molecule has 0 bridgehead atoms. The Labute approximate surface area is 171 Å². The van der Waals surface area contributed by atoms with E-state index in [-0.39, 0.29) is 0 Å². The molecule has 0 fully saturated rings. The van der Waals surface area contributed by atoms with Gasteiger partial charge in [-0.2, -0.15) is 13.2 Å². The van der Waals surface area contributed by atoms with Gasteiger partial charge in [0, 0.05) is 14.5 Å². The molecule has 2 aromatic carbocycles. The summed E-state index contributed by atoms with van der Waals surface area (Å²) < 4.78 is 37.6. The third-order valence-corrected chi connectivity index (χ3v) is 4.63. The zero-order valence-electron chi connectivity index (χ0n) is 14.3. The monoisotopic (exact) mass is 506 g/mol. The van der Waals surface area contributed by atoms with Gasteiger partial charge in [-0.3, -0.25) is 0 Å². The lowest BCUT2D eigenvalue weighted by Crippen LogP contribution is -2.06. The van der Waals surface area contributed by atoms with Crippen LogP contribution in [0.15, 0.2) is 36.4 Å². The molecule has 4 rings (SSSR count). The molecule has 0 aliphatic heterocycles. The molecule has 2 heterocycles. The Morgan fingerprint density at radius 2 is 1.59 bits per heavy atom. The van der Waals surface area contributed by atoms with Crippen molar-refractivity contribution in [3.8, 4) is 0 Å². The first-order valence-electron chi connectivity index (χ1n) is 8.01. The van der Waals surface area contributed by atoms with Gasteiger partial charge in [0.25, 0.3) is 0 Å². The van der Waals surface area contributed by atoms with Crippen LogP contribution >= 0.6 is 34.2 Å². The number of hydrogen-bond acceptors (Lipinski definition) is 2. The van der Waals surface area contributed by atoms with Crippen LogP contribution in [0.2, 0.25) is 5.02 Å². The van der Waals surface area contributed by atoms with Gasteiger partial charge in [0.2, 0.25) is 5.82 Å². The average molecular weight is 507 g/mol. The van der Waals surface area contributed by atoms with Gasteiger partial charge in [0.05, 0.1) is 22.1 Å². The van der Waals surface area contributed by atoms with Crippen molar-refractivity contribution in [3.63, 3.8) is 0 Å². The highest BCUT2D eigenvalue weighted by Gasteiger charge is 2.34. The lowest BCUT2D eigenvalue weighted by Gasteiger charge is -1.98. The molecule has 0 saturated carbocycles. The van der Waals surface area contributed by atoms with E-state index >= 15 is 0 Å². The van der Waals surface area contributed by atoms with E-state index in [9.17, 15) is 13.2 Å². The Morgan fingerprint density at radius 3 is 2.26 bits per heavy atom. The first kappa shape index (κ1) is 19.9. The lowest BCUT2D eigenvalue weighted by molar-refractivity contribution is -0.144. The van der Waals surface area contributed by atoms with Crippen molar-refractivity contribution in [2.75, 3.05) is 0 Å². The largest absolute Gasteiger partial charge is 0.449 e. The minimum absolute atomic E-state index is 0.331. The van der Waals surface area contributed by atoms with Crippen LogP contribution in [0.25, 0.3) is 22.1 Å². The molecule has 4 aromatic rings. The molecule has 0 spiro atoms. The minimum atomic E-state index is -4.41. The fourth-order valence-corrected chi connectivity index (χ4v) is 3.05. The summed E-state index contributed by atoms with van der Waals surface area (Å²) in [6.45, 7) is 4.22.